The predicted molar refractivity (Wildman–Crippen MR) is 85.5 cm³/mol. The maximum atomic E-state index is 12.6. The van der Waals surface area contributed by atoms with Gasteiger partial charge in [0.2, 0.25) is 15.9 Å². The highest BCUT2D eigenvalue weighted by atomic mass is 32.2. The quantitative estimate of drug-likeness (QED) is 0.731. The Kier molecular flexibility index (Phi) is 5.73. The average Bonchev–Trinajstić information content (AvgIpc) is 2.55. The largest absolute Gasteiger partial charge is 0.354 e. The van der Waals surface area contributed by atoms with Crippen molar-refractivity contribution < 1.29 is 18.0 Å². The zero-order chi connectivity index (χ0) is 16.9. The van der Waals surface area contributed by atoms with Gasteiger partial charge in [0.1, 0.15) is 0 Å². The van der Waals surface area contributed by atoms with Crippen molar-refractivity contribution in [2.45, 2.75) is 24.7 Å². The molecule has 1 aromatic rings. The number of amides is 2. The maximum absolute atomic E-state index is 12.6. The van der Waals surface area contributed by atoms with Crippen LogP contribution in [-0.4, -0.2) is 50.7 Å². The highest BCUT2D eigenvalue weighted by molar-refractivity contribution is 7.89. The molecule has 0 saturated carbocycles. The van der Waals surface area contributed by atoms with Crippen LogP contribution in [0.25, 0.3) is 0 Å². The summed E-state index contributed by atoms with van der Waals surface area (Å²) in [5.41, 5.74) is 0.295. The van der Waals surface area contributed by atoms with Crippen molar-refractivity contribution in [1.29, 1.82) is 0 Å². The van der Waals surface area contributed by atoms with Crippen LogP contribution in [0.15, 0.2) is 29.2 Å². The van der Waals surface area contributed by atoms with Crippen LogP contribution in [0.2, 0.25) is 0 Å². The average molecular weight is 339 g/mol. The number of carbonyl (C=O) groups excluding carboxylic acids is 2. The summed E-state index contributed by atoms with van der Waals surface area (Å²) in [5.74, 6) is -0.625. The number of hydrogen-bond donors (Lipinski definition) is 2. The highest BCUT2D eigenvalue weighted by Gasteiger charge is 2.29. The van der Waals surface area contributed by atoms with E-state index >= 15 is 0 Å². The lowest BCUT2D eigenvalue weighted by Crippen LogP contribution is -2.49. The van der Waals surface area contributed by atoms with Gasteiger partial charge < -0.3 is 10.6 Å². The monoisotopic (exact) mass is 339 g/mol. The molecule has 1 fully saturated rings. The fourth-order valence-electron chi connectivity index (χ4n) is 2.25. The third-order valence-corrected chi connectivity index (χ3v) is 5.39. The molecule has 0 atom stereocenters. The Morgan fingerprint density at radius 3 is 2.87 bits per heavy atom. The van der Waals surface area contributed by atoms with Crippen molar-refractivity contribution in [2.75, 3.05) is 26.2 Å². The molecule has 0 aliphatic carbocycles. The van der Waals surface area contributed by atoms with Crippen LogP contribution in [-0.2, 0) is 14.8 Å². The molecule has 0 spiro atoms. The lowest BCUT2D eigenvalue weighted by Gasteiger charge is -2.26. The molecule has 2 amide bonds. The van der Waals surface area contributed by atoms with E-state index in [-0.39, 0.29) is 36.3 Å². The SMILES string of the molecule is CCCCNC(=O)c1cccc(S(=O)(=O)N2CCNC(=O)C2)c1. The minimum atomic E-state index is -3.78. The number of rotatable bonds is 6. The van der Waals surface area contributed by atoms with E-state index in [2.05, 4.69) is 10.6 Å². The van der Waals surface area contributed by atoms with Crippen LogP contribution in [0, 0.1) is 0 Å². The van der Waals surface area contributed by atoms with Crippen LogP contribution in [0.1, 0.15) is 30.1 Å². The Morgan fingerprint density at radius 1 is 1.39 bits per heavy atom. The van der Waals surface area contributed by atoms with E-state index in [1.54, 1.807) is 6.07 Å². The second-order valence-corrected chi connectivity index (χ2v) is 7.26. The standard InChI is InChI=1S/C15H21N3O4S/c1-2-3-7-17-15(20)12-5-4-6-13(10-12)23(21,22)18-9-8-16-14(19)11-18/h4-6,10H,2-3,7-9,11H2,1H3,(H,16,19)(H,17,20). The van der Waals surface area contributed by atoms with Crippen molar-refractivity contribution in [1.82, 2.24) is 14.9 Å². The molecule has 1 aromatic carbocycles. The van der Waals surface area contributed by atoms with Crippen molar-refractivity contribution in [3.63, 3.8) is 0 Å². The van der Waals surface area contributed by atoms with Crippen LogP contribution < -0.4 is 10.6 Å². The molecule has 1 aliphatic heterocycles. The number of nitrogens with zero attached hydrogens (tertiary/aromatic N) is 1. The van der Waals surface area contributed by atoms with Crippen LogP contribution in [0.4, 0.5) is 0 Å². The van der Waals surface area contributed by atoms with Crippen LogP contribution in [0.3, 0.4) is 0 Å². The second kappa shape index (κ2) is 7.56. The first kappa shape index (κ1) is 17.4. The van der Waals surface area contributed by atoms with E-state index < -0.39 is 10.0 Å². The molecule has 0 aromatic heterocycles. The van der Waals surface area contributed by atoms with E-state index in [9.17, 15) is 18.0 Å². The Labute approximate surface area is 136 Å². The van der Waals surface area contributed by atoms with Crippen molar-refractivity contribution in [2.24, 2.45) is 0 Å². The molecule has 0 radical (unpaired) electrons. The smallest absolute Gasteiger partial charge is 0.251 e. The van der Waals surface area contributed by atoms with Gasteiger partial charge in [-0.3, -0.25) is 9.59 Å². The predicted octanol–water partition coefficient (Wildman–Crippen LogP) is 0.337. The summed E-state index contributed by atoms with van der Waals surface area (Å²) in [7, 11) is -3.78. The molecule has 1 aliphatic rings. The summed E-state index contributed by atoms with van der Waals surface area (Å²) in [4.78, 5) is 23.5. The van der Waals surface area contributed by atoms with Gasteiger partial charge in [-0.25, -0.2) is 8.42 Å². The zero-order valence-electron chi connectivity index (χ0n) is 13.0. The fraction of sp³-hybridized carbons (Fsp3) is 0.467. The molecule has 0 unspecified atom stereocenters. The van der Waals surface area contributed by atoms with E-state index in [0.29, 0.717) is 12.1 Å². The second-order valence-electron chi connectivity index (χ2n) is 5.33. The third-order valence-electron chi connectivity index (χ3n) is 3.55. The number of hydrogen-bond acceptors (Lipinski definition) is 4. The molecule has 1 saturated heterocycles. The van der Waals surface area contributed by atoms with Crippen LogP contribution in [0.5, 0.6) is 0 Å². The zero-order valence-corrected chi connectivity index (χ0v) is 13.9. The molecule has 0 bridgehead atoms. The molecule has 2 N–H and O–H groups in total. The summed E-state index contributed by atoms with van der Waals surface area (Å²) in [6.07, 6.45) is 1.83. The number of carbonyl (C=O) groups is 2. The Balaban J connectivity index is 2.18. The van der Waals surface area contributed by atoms with E-state index in [4.69, 9.17) is 0 Å². The normalized spacial score (nSPS) is 16.0. The van der Waals surface area contributed by atoms with Gasteiger partial charge in [-0.1, -0.05) is 19.4 Å². The Hall–Kier alpha value is -1.93. The first-order chi connectivity index (χ1) is 10.9. The molecular formula is C15H21N3O4S. The molecule has 126 valence electrons. The maximum Gasteiger partial charge on any atom is 0.251 e. The Morgan fingerprint density at radius 2 is 2.17 bits per heavy atom. The molecular weight excluding hydrogens is 318 g/mol. The number of unbranched alkanes of at least 4 members (excludes halogenated alkanes) is 1. The summed E-state index contributed by atoms with van der Waals surface area (Å²) in [6.45, 7) is 2.89. The van der Waals surface area contributed by atoms with Gasteiger partial charge in [-0.15, -0.1) is 0 Å². The molecule has 7 nitrogen and oxygen atoms in total. The minimum absolute atomic E-state index is 0.0235. The van der Waals surface area contributed by atoms with Crippen LogP contribution >= 0.6 is 0 Å². The molecule has 2 rings (SSSR count). The third kappa shape index (κ3) is 4.29. The number of nitrogens with one attached hydrogen (secondary N) is 2. The fourth-order valence-corrected chi connectivity index (χ4v) is 3.69. The van der Waals surface area contributed by atoms with Crippen molar-refractivity contribution in [3.05, 3.63) is 29.8 Å². The van der Waals surface area contributed by atoms with Gasteiger partial charge in [0.15, 0.2) is 0 Å². The summed E-state index contributed by atoms with van der Waals surface area (Å²) < 4.78 is 26.3. The first-order valence-electron chi connectivity index (χ1n) is 7.60. The van der Waals surface area contributed by atoms with E-state index in [0.717, 1.165) is 17.1 Å². The van der Waals surface area contributed by atoms with Gasteiger partial charge in [0.25, 0.3) is 5.91 Å². The molecule has 8 heteroatoms. The topological polar surface area (TPSA) is 95.6 Å². The van der Waals surface area contributed by atoms with Gasteiger partial charge >= 0.3 is 0 Å². The summed E-state index contributed by atoms with van der Waals surface area (Å²) in [5, 5.41) is 5.34. The number of sulfonamides is 1. The van der Waals surface area contributed by atoms with E-state index in [1.165, 1.54) is 18.2 Å². The number of benzene rings is 1. The minimum Gasteiger partial charge on any atom is -0.354 e. The van der Waals surface area contributed by atoms with Crippen molar-refractivity contribution in [3.8, 4) is 0 Å². The highest BCUT2D eigenvalue weighted by Crippen LogP contribution is 2.17. The van der Waals surface area contributed by atoms with Gasteiger partial charge in [0.05, 0.1) is 11.4 Å². The summed E-state index contributed by atoms with van der Waals surface area (Å²) >= 11 is 0. The van der Waals surface area contributed by atoms with Gasteiger partial charge in [-0.05, 0) is 24.6 Å². The summed E-state index contributed by atoms with van der Waals surface area (Å²) in [6, 6.07) is 5.89. The van der Waals surface area contributed by atoms with Crippen molar-refractivity contribution >= 4 is 21.8 Å². The van der Waals surface area contributed by atoms with Gasteiger partial charge in [0, 0.05) is 25.2 Å². The number of piperazine rings is 1. The van der Waals surface area contributed by atoms with E-state index in [1.807, 2.05) is 6.92 Å². The Bertz CT molecular complexity index is 688. The van der Waals surface area contributed by atoms with Gasteiger partial charge in [-0.2, -0.15) is 4.31 Å². The lowest BCUT2D eigenvalue weighted by molar-refractivity contribution is -0.122. The molecule has 23 heavy (non-hydrogen) atoms. The first-order valence-corrected chi connectivity index (χ1v) is 9.04. The molecule has 1 heterocycles. The lowest BCUT2D eigenvalue weighted by atomic mass is 10.2.